The van der Waals surface area contributed by atoms with Gasteiger partial charge in [-0.25, -0.2) is 0 Å². The molecule has 2 aliphatic heterocycles. The van der Waals surface area contributed by atoms with E-state index in [0.717, 1.165) is 11.1 Å². The van der Waals surface area contributed by atoms with Gasteiger partial charge in [-0.3, -0.25) is 9.59 Å². The van der Waals surface area contributed by atoms with E-state index in [0.29, 0.717) is 6.42 Å². The number of nitrogens with zero attached hydrogens (tertiary/aromatic N) is 2. The maximum Gasteiger partial charge on any atom is 0.460 e. The SMILES string of the molecule is O=C(C1CCN(C(=O)C(F)(F)C(F)(F)C(F)(F)C(F)(F)C(F)(F)C(F)(F)C(F)(F)F)CC1)N1CCc2ccccc2C1. The first-order valence-electron chi connectivity index (χ1n) is 11.8. The highest BCUT2D eigenvalue weighted by Crippen LogP contribution is 2.62. The van der Waals surface area contributed by atoms with Gasteiger partial charge in [0.1, 0.15) is 0 Å². The van der Waals surface area contributed by atoms with E-state index in [1.807, 2.05) is 6.07 Å². The van der Waals surface area contributed by atoms with E-state index in [1.165, 1.54) is 4.90 Å². The highest BCUT2D eigenvalue weighted by Gasteiger charge is 2.94. The lowest BCUT2D eigenvalue weighted by molar-refractivity contribution is -0.449. The van der Waals surface area contributed by atoms with E-state index >= 15 is 0 Å². The van der Waals surface area contributed by atoms with Gasteiger partial charge in [-0.05, 0) is 30.4 Å². The van der Waals surface area contributed by atoms with E-state index < -0.39 is 85.4 Å². The Kier molecular flexibility index (Phi) is 8.31. The molecule has 3 rings (SSSR count). The minimum atomic E-state index is -8.46. The minimum absolute atomic E-state index is 0.153. The summed E-state index contributed by atoms with van der Waals surface area (Å²) >= 11 is 0. The smallest absolute Gasteiger partial charge is 0.338 e. The predicted molar refractivity (Wildman–Crippen MR) is 111 cm³/mol. The second-order valence-corrected chi connectivity index (χ2v) is 9.79. The number of fused-ring (bicyclic) bond motifs is 1. The first kappa shape index (κ1) is 33.6. The molecule has 0 spiro atoms. The van der Waals surface area contributed by atoms with Gasteiger partial charge in [-0.15, -0.1) is 0 Å². The third kappa shape index (κ3) is 4.93. The topological polar surface area (TPSA) is 40.6 Å². The number of hydrogen-bond acceptors (Lipinski definition) is 2. The van der Waals surface area contributed by atoms with Gasteiger partial charge in [0.25, 0.3) is 5.91 Å². The van der Waals surface area contributed by atoms with Crippen molar-refractivity contribution in [2.75, 3.05) is 19.6 Å². The van der Waals surface area contributed by atoms with Gasteiger partial charge in [0, 0.05) is 32.1 Å². The van der Waals surface area contributed by atoms with Crippen LogP contribution in [0.1, 0.15) is 24.0 Å². The summed E-state index contributed by atoms with van der Waals surface area (Å²) < 4.78 is 201. The van der Waals surface area contributed by atoms with Gasteiger partial charge in [-0.2, -0.15) is 65.9 Å². The van der Waals surface area contributed by atoms with E-state index in [-0.39, 0.29) is 18.0 Å². The van der Waals surface area contributed by atoms with E-state index in [2.05, 4.69) is 0 Å². The summed E-state index contributed by atoms with van der Waals surface area (Å²) in [6.45, 7) is -1.62. The molecule has 4 nitrogen and oxygen atoms in total. The summed E-state index contributed by atoms with van der Waals surface area (Å²) in [5.41, 5.74) is 1.75. The standard InChI is InChI=1S/C23H19F15N2O2/c24-17(25,18(26,27)19(28,29)20(30,31)21(32,33)22(34,35)23(36,37)38)16(42)39-8-6-13(7-9-39)15(41)40-10-5-12-3-1-2-4-14(12)11-40/h1-4,13H,5-11H2. The number of rotatable bonds is 7. The predicted octanol–water partition coefficient (Wildman–Crippen LogP) is 6.18. The molecule has 42 heavy (non-hydrogen) atoms. The number of piperidine rings is 1. The summed E-state index contributed by atoms with van der Waals surface area (Å²) in [6, 6.07) is 7.02. The molecule has 0 N–H and O–H groups in total. The number of hydrogen-bond donors (Lipinski definition) is 0. The molecule has 0 radical (unpaired) electrons. The molecule has 0 aliphatic carbocycles. The third-order valence-corrected chi connectivity index (χ3v) is 7.17. The molecule has 0 aromatic heterocycles. The van der Waals surface area contributed by atoms with Crippen LogP contribution in [0.25, 0.3) is 0 Å². The second-order valence-electron chi connectivity index (χ2n) is 9.79. The Balaban J connectivity index is 1.76. The molecule has 1 saturated heterocycles. The molecule has 238 valence electrons. The zero-order valence-electron chi connectivity index (χ0n) is 20.7. The Morgan fingerprint density at radius 2 is 1.05 bits per heavy atom. The number of amides is 2. The van der Waals surface area contributed by atoms with Crippen LogP contribution < -0.4 is 0 Å². The molecule has 2 heterocycles. The van der Waals surface area contributed by atoms with Crippen LogP contribution in [0.5, 0.6) is 0 Å². The van der Waals surface area contributed by atoms with Gasteiger partial charge in [-0.1, -0.05) is 24.3 Å². The molecule has 1 fully saturated rings. The van der Waals surface area contributed by atoms with Crippen LogP contribution in [0.3, 0.4) is 0 Å². The number of carbonyl (C=O) groups is 2. The number of alkyl halides is 15. The number of halogens is 15. The highest BCUT2D eigenvalue weighted by molar-refractivity contribution is 5.85. The van der Waals surface area contributed by atoms with Gasteiger partial charge in [0.2, 0.25) is 5.91 Å². The maximum atomic E-state index is 14.3. The van der Waals surface area contributed by atoms with Crippen molar-refractivity contribution in [3.63, 3.8) is 0 Å². The lowest BCUT2D eigenvalue weighted by atomic mass is 9.89. The van der Waals surface area contributed by atoms with Crippen LogP contribution in [0.2, 0.25) is 0 Å². The molecular weight excluding hydrogens is 621 g/mol. The molecule has 2 aliphatic rings. The van der Waals surface area contributed by atoms with Crippen molar-refractivity contribution in [2.45, 2.75) is 67.5 Å². The van der Waals surface area contributed by atoms with Crippen molar-refractivity contribution in [1.82, 2.24) is 9.80 Å². The fourth-order valence-corrected chi connectivity index (χ4v) is 4.57. The Hall–Kier alpha value is -2.89. The Morgan fingerprint density at radius 1 is 0.595 bits per heavy atom. The summed E-state index contributed by atoms with van der Waals surface area (Å²) in [7, 11) is 0. The molecule has 0 atom stereocenters. The van der Waals surface area contributed by atoms with Crippen LogP contribution >= 0.6 is 0 Å². The van der Waals surface area contributed by atoms with Gasteiger partial charge >= 0.3 is 41.7 Å². The largest absolute Gasteiger partial charge is 0.460 e. The Labute approximate surface area is 226 Å². The van der Waals surface area contributed by atoms with Gasteiger partial charge in [0.15, 0.2) is 0 Å². The average molecular weight is 640 g/mol. The van der Waals surface area contributed by atoms with Crippen molar-refractivity contribution < 1.29 is 75.4 Å². The second kappa shape index (κ2) is 10.4. The summed E-state index contributed by atoms with van der Waals surface area (Å²) in [4.78, 5) is 26.0. The lowest BCUT2D eigenvalue weighted by Gasteiger charge is -2.42. The molecule has 0 unspecified atom stereocenters. The van der Waals surface area contributed by atoms with Crippen LogP contribution in [0.4, 0.5) is 65.9 Å². The average Bonchev–Trinajstić information content (AvgIpc) is 2.90. The molecular formula is C23H19F15N2O2. The quantitative estimate of drug-likeness (QED) is 0.334. The first-order chi connectivity index (χ1) is 18.9. The summed E-state index contributed by atoms with van der Waals surface area (Å²) in [6.07, 6.45) is -8.27. The van der Waals surface area contributed by atoms with Crippen LogP contribution in [0, 0.1) is 5.92 Å². The zero-order valence-corrected chi connectivity index (χ0v) is 20.7. The number of likely N-dealkylation sites (tertiary alicyclic amines) is 1. The summed E-state index contributed by atoms with van der Waals surface area (Å²) in [5.74, 6) is -53.0. The highest BCUT2D eigenvalue weighted by atomic mass is 19.4. The molecule has 2 amide bonds. The molecule has 19 heteroatoms. The van der Waals surface area contributed by atoms with Crippen molar-refractivity contribution in [3.05, 3.63) is 35.4 Å². The van der Waals surface area contributed by atoms with Crippen molar-refractivity contribution in [3.8, 4) is 0 Å². The normalized spacial score (nSPS) is 18.6. The Morgan fingerprint density at radius 3 is 1.55 bits per heavy atom. The van der Waals surface area contributed by atoms with Crippen LogP contribution in [-0.4, -0.2) is 83.0 Å². The maximum absolute atomic E-state index is 14.3. The van der Waals surface area contributed by atoms with E-state index in [4.69, 9.17) is 0 Å². The number of benzene rings is 1. The zero-order chi connectivity index (χ0) is 32.3. The molecule has 1 aromatic rings. The van der Waals surface area contributed by atoms with Gasteiger partial charge < -0.3 is 9.80 Å². The minimum Gasteiger partial charge on any atom is -0.338 e. The number of carbonyl (C=O) groups excluding carboxylic acids is 2. The lowest BCUT2D eigenvalue weighted by Crippen LogP contribution is -2.74. The van der Waals surface area contributed by atoms with Gasteiger partial charge in [0.05, 0.1) is 0 Å². The van der Waals surface area contributed by atoms with Crippen LogP contribution in [-0.2, 0) is 22.6 Å². The Bertz CT molecular complexity index is 1190. The third-order valence-electron chi connectivity index (χ3n) is 7.17. The van der Waals surface area contributed by atoms with Crippen molar-refractivity contribution in [1.29, 1.82) is 0 Å². The van der Waals surface area contributed by atoms with Crippen molar-refractivity contribution >= 4 is 11.8 Å². The fourth-order valence-electron chi connectivity index (χ4n) is 4.57. The van der Waals surface area contributed by atoms with E-state index in [1.54, 1.807) is 18.2 Å². The van der Waals surface area contributed by atoms with Crippen LogP contribution in [0.15, 0.2) is 24.3 Å². The first-order valence-corrected chi connectivity index (χ1v) is 11.8. The molecule has 0 saturated carbocycles. The fraction of sp³-hybridized carbons (Fsp3) is 0.652. The monoisotopic (exact) mass is 640 g/mol. The molecule has 1 aromatic carbocycles. The molecule has 0 bridgehead atoms. The van der Waals surface area contributed by atoms with Crippen molar-refractivity contribution in [2.24, 2.45) is 5.92 Å². The van der Waals surface area contributed by atoms with E-state index in [9.17, 15) is 75.4 Å². The summed E-state index contributed by atoms with van der Waals surface area (Å²) in [5, 5.41) is 0.